The molecule has 0 aromatic heterocycles. The van der Waals surface area contributed by atoms with Crippen LogP contribution < -0.4 is 0 Å². The summed E-state index contributed by atoms with van der Waals surface area (Å²) in [6, 6.07) is 0.295. The Kier molecular flexibility index (Phi) is 4.22. The smallest absolute Gasteiger partial charge is 0.186 e. The molecular formula is C9H17NO2S. The minimum absolute atomic E-state index is 0.195. The fourth-order valence-corrected chi connectivity index (χ4v) is 2.75. The Morgan fingerprint density at radius 1 is 1.62 bits per heavy atom. The normalized spacial score (nSPS) is 30.4. The van der Waals surface area contributed by atoms with Crippen molar-refractivity contribution < 1.29 is 9.90 Å². The molecule has 0 radical (unpaired) electrons. The quantitative estimate of drug-likeness (QED) is 0.718. The first kappa shape index (κ1) is 11.0. The molecule has 1 saturated heterocycles. The summed E-state index contributed by atoms with van der Waals surface area (Å²) in [7, 11) is 2.01. The summed E-state index contributed by atoms with van der Waals surface area (Å²) in [6.45, 7) is 2.76. The zero-order valence-corrected chi connectivity index (χ0v) is 9.01. The van der Waals surface area contributed by atoms with Crippen LogP contribution in [0.25, 0.3) is 0 Å². The molecule has 0 aromatic carbocycles. The average molecular weight is 203 g/mol. The van der Waals surface area contributed by atoms with Gasteiger partial charge in [0.15, 0.2) is 5.12 Å². The summed E-state index contributed by atoms with van der Waals surface area (Å²) in [5.41, 5.74) is 0. The minimum atomic E-state index is 0.195. The molecule has 0 aromatic rings. The Morgan fingerprint density at radius 2 is 2.31 bits per heavy atom. The minimum Gasteiger partial charge on any atom is -0.395 e. The number of carbonyl (C=O) groups is 1. The van der Waals surface area contributed by atoms with Crippen molar-refractivity contribution in [1.82, 2.24) is 4.90 Å². The Bertz CT molecular complexity index is 186. The van der Waals surface area contributed by atoms with Crippen LogP contribution in [0.5, 0.6) is 0 Å². The molecule has 0 saturated carbocycles. The molecule has 0 amide bonds. The third-order valence-electron chi connectivity index (χ3n) is 2.48. The van der Waals surface area contributed by atoms with Gasteiger partial charge in [-0.05, 0) is 19.9 Å². The number of nitrogens with zero attached hydrogens (tertiary/aromatic N) is 1. The van der Waals surface area contributed by atoms with Crippen LogP contribution in [0, 0.1) is 0 Å². The Balaban J connectivity index is 2.36. The molecule has 1 N–H and O–H groups in total. The summed E-state index contributed by atoms with van der Waals surface area (Å²) < 4.78 is 0. The van der Waals surface area contributed by atoms with Gasteiger partial charge in [-0.1, -0.05) is 11.8 Å². The Morgan fingerprint density at radius 3 is 2.77 bits per heavy atom. The van der Waals surface area contributed by atoms with Crippen LogP contribution in [0.15, 0.2) is 0 Å². The maximum Gasteiger partial charge on any atom is 0.186 e. The Labute approximate surface area is 83.5 Å². The molecule has 1 fully saturated rings. The largest absolute Gasteiger partial charge is 0.395 e. The van der Waals surface area contributed by atoms with Crippen LogP contribution in [-0.4, -0.2) is 46.6 Å². The third kappa shape index (κ3) is 3.29. The van der Waals surface area contributed by atoms with Gasteiger partial charge in [0.1, 0.15) is 0 Å². The van der Waals surface area contributed by atoms with E-state index in [4.69, 9.17) is 5.11 Å². The summed E-state index contributed by atoms with van der Waals surface area (Å²) in [4.78, 5) is 13.0. The second-order valence-corrected chi connectivity index (χ2v) is 5.06. The van der Waals surface area contributed by atoms with Crippen LogP contribution in [0.4, 0.5) is 0 Å². The average Bonchev–Trinajstić information content (AvgIpc) is 2.03. The lowest BCUT2D eigenvalue weighted by molar-refractivity contribution is -0.109. The van der Waals surface area contributed by atoms with Crippen molar-refractivity contribution in [1.29, 1.82) is 0 Å². The molecule has 0 spiro atoms. The fraction of sp³-hybridized carbons (Fsp3) is 0.889. The van der Waals surface area contributed by atoms with E-state index in [2.05, 4.69) is 4.90 Å². The van der Waals surface area contributed by atoms with Gasteiger partial charge in [0.05, 0.1) is 6.61 Å². The van der Waals surface area contributed by atoms with Crippen molar-refractivity contribution in [3.63, 3.8) is 0 Å². The fourth-order valence-electron chi connectivity index (χ4n) is 1.72. The highest BCUT2D eigenvalue weighted by molar-refractivity contribution is 8.14. The van der Waals surface area contributed by atoms with Crippen LogP contribution in [0.2, 0.25) is 0 Å². The molecule has 1 aliphatic rings. The summed E-state index contributed by atoms with van der Waals surface area (Å²) in [6.07, 6.45) is 2.04. The highest BCUT2D eigenvalue weighted by Gasteiger charge is 2.25. The highest BCUT2D eigenvalue weighted by atomic mass is 32.2. The molecule has 2 unspecified atom stereocenters. The second kappa shape index (κ2) is 4.98. The van der Waals surface area contributed by atoms with E-state index in [1.54, 1.807) is 6.92 Å². The number of thioether (sulfide) groups is 1. The molecular weight excluding hydrogens is 186 g/mol. The number of hydrogen-bond acceptors (Lipinski definition) is 4. The molecule has 76 valence electrons. The number of hydrogen-bond donors (Lipinski definition) is 1. The van der Waals surface area contributed by atoms with Crippen molar-refractivity contribution in [3.8, 4) is 0 Å². The first-order valence-electron chi connectivity index (χ1n) is 4.61. The van der Waals surface area contributed by atoms with E-state index in [1.807, 2.05) is 7.05 Å². The zero-order chi connectivity index (χ0) is 9.84. The van der Waals surface area contributed by atoms with Gasteiger partial charge < -0.3 is 10.0 Å². The predicted octanol–water partition coefficient (Wildman–Crippen LogP) is 0.721. The Hall–Kier alpha value is -0.0600. The van der Waals surface area contributed by atoms with Crippen LogP contribution in [-0.2, 0) is 4.79 Å². The monoisotopic (exact) mass is 203 g/mol. The van der Waals surface area contributed by atoms with Crippen LogP contribution in [0.3, 0.4) is 0 Å². The maximum atomic E-state index is 10.9. The molecule has 1 aliphatic heterocycles. The van der Waals surface area contributed by atoms with Gasteiger partial charge in [-0.15, -0.1) is 0 Å². The number of likely N-dealkylation sites (N-methyl/N-ethyl adjacent to an activating group) is 1. The van der Waals surface area contributed by atoms with E-state index in [0.29, 0.717) is 11.3 Å². The second-order valence-electron chi connectivity index (χ2n) is 3.58. The van der Waals surface area contributed by atoms with Crippen molar-refractivity contribution in [2.45, 2.75) is 31.1 Å². The van der Waals surface area contributed by atoms with Gasteiger partial charge in [-0.25, -0.2) is 0 Å². The molecule has 0 aliphatic carbocycles. The SMILES string of the molecule is CC(=O)SC1CCC(CO)N(C)C1. The number of aliphatic hydroxyl groups excluding tert-OH is 1. The lowest BCUT2D eigenvalue weighted by atomic mass is 10.0. The molecule has 4 heteroatoms. The number of carbonyl (C=O) groups excluding carboxylic acids is 1. The summed E-state index contributed by atoms with van der Waals surface area (Å²) in [5.74, 6) is 0. The van der Waals surface area contributed by atoms with Gasteiger partial charge in [-0.2, -0.15) is 0 Å². The first-order valence-corrected chi connectivity index (χ1v) is 5.49. The van der Waals surface area contributed by atoms with Crippen molar-refractivity contribution >= 4 is 16.9 Å². The molecule has 1 heterocycles. The van der Waals surface area contributed by atoms with E-state index in [1.165, 1.54) is 11.8 Å². The molecule has 1 rings (SSSR count). The van der Waals surface area contributed by atoms with E-state index in [0.717, 1.165) is 19.4 Å². The number of rotatable bonds is 2. The summed E-state index contributed by atoms with van der Waals surface area (Å²) in [5, 5.41) is 9.63. The lowest BCUT2D eigenvalue weighted by Gasteiger charge is -2.35. The van der Waals surface area contributed by atoms with Crippen LogP contribution >= 0.6 is 11.8 Å². The van der Waals surface area contributed by atoms with Crippen molar-refractivity contribution in [3.05, 3.63) is 0 Å². The molecule has 13 heavy (non-hydrogen) atoms. The molecule has 0 bridgehead atoms. The van der Waals surface area contributed by atoms with Gasteiger partial charge >= 0.3 is 0 Å². The van der Waals surface area contributed by atoms with Crippen LogP contribution in [0.1, 0.15) is 19.8 Å². The van der Waals surface area contributed by atoms with Gasteiger partial charge in [0.25, 0.3) is 0 Å². The van der Waals surface area contributed by atoms with E-state index >= 15 is 0 Å². The number of likely N-dealkylation sites (tertiary alicyclic amines) is 1. The standard InChI is InChI=1S/C9H17NO2S/c1-7(12)13-9-4-3-8(6-11)10(2)5-9/h8-9,11H,3-6H2,1-2H3. The maximum absolute atomic E-state index is 10.9. The van der Waals surface area contributed by atoms with E-state index in [-0.39, 0.29) is 11.7 Å². The first-order chi connectivity index (χ1) is 6.13. The molecule has 3 nitrogen and oxygen atoms in total. The van der Waals surface area contributed by atoms with E-state index < -0.39 is 0 Å². The topological polar surface area (TPSA) is 40.5 Å². The predicted molar refractivity (Wildman–Crippen MR) is 54.8 cm³/mol. The van der Waals surface area contributed by atoms with Crippen molar-refractivity contribution in [2.24, 2.45) is 0 Å². The highest BCUT2D eigenvalue weighted by Crippen LogP contribution is 2.25. The van der Waals surface area contributed by atoms with E-state index in [9.17, 15) is 4.79 Å². The zero-order valence-electron chi connectivity index (χ0n) is 8.19. The molecule has 2 atom stereocenters. The third-order valence-corrected chi connectivity index (χ3v) is 3.53. The van der Waals surface area contributed by atoms with Gasteiger partial charge in [0.2, 0.25) is 0 Å². The number of piperidine rings is 1. The lowest BCUT2D eigenvalue weighted by Crippen LogP contribution is -2.44. The summed E-state index contributed by atoms with van der Waals surface area (Å²) >= 11 is 1.43. The number of aliphatic hydroxyl groups is 1. The van der Waals surface area contributed by atoms with Crippen molar-refractivity contribution in [2.75, 3.05) is 20.2 Å². The van der Waals surface area contributed by atoms with Gasteiger partial charge in [0, 0.05) is 24.8 Å². The van der Waals surface area contributed by atoms with Gasteiger partial charge in [-0.3, -0.25) is 4.79 Å².